The summed E-state index contributed by atoms with van der Waals surface area (Å²) >= 11 is 4.14. The van der Waals surface area contributed by atoms with E-state index < -0.39 is 22.8 Å². The first kappa shape index (κ1) is 19.5. The molecule has 1 fully saturated rings. The lowest BCUT2D eigenvalue weighted by Gasteiger charge is -2.36. The summed E-state index contributed by atoms with van der Waals surface area (Å²) in [4.78, 5) is 7.55. The number of halogens is 7. The van der Waals surface area contributed by atoms with Gasteiger partial charge in [0.15, 0.2) is 5.17 Å². The van der Waals surface area contributed by atoms with Gasteiger partial charge in [-0.05, 0) is 6.92 Å². The Morgan fingerprint density at radius 2 is 1.65 bits per heavy atom. The van der Waals surface area contributed by atoms with Gasteiger partial charge in [0, 0.05) is 22.2 Å². The molecule has 11 heteroatoms. The molecule has 0 spiro atoms. The lowest BCUT2D eigenvalue weighted by Crippen LogP contribution is -2.58. The van der Waals surface area contributed by atoms with E-state index in [1.54, 1.807) is 13.0 Å². The molecule has 1 saturated heterocycles. The van der Waals surface area contributed by atoms with Gasteiger partial charge in [0.05, 0.1) is 0 Å². The first-order valence-electron chi connectivity index (χ1n) is 7.34. The molecule has 0 saturated carbocycles. The fraction of sp³-hybridized carbons (Fsp3) is 0.467. The molecule has 3 rings (SSSR count). The highest BCUT2D eigenvalue weighted by Gasteiger charge is 2.74. The van der Waals surface area contributed by atoms with Crippen LogP contribution in [0, 0.1) is 0 Å². The normalized spacial score (nSPS) is 25.6. The van der Waals surface area contributed by atoms with Crippen LogP contribution in [-0.2, 0) is 0 Å². The lowest BCUT2D eigenvalue weighted by molar-refractivity contribution is -0.292. The summed E-state index contributed by atoms with van der Waals surface area (Å²) in [5, 5.41) is 0.0308. The van der Waals surface area contributed by atoms with Crippen LogP contribution in [0.3, 0.4) is 0 Å². The van der Waals surface area contributed by atoms with Crippen LogP contribution in [0.4, 0.5) is 26.3 Å². The summed E-state index contributed by atoms with van der Waals surface area (Å²) in [6.07, 6.45) is -11.4. The van der Waals surface area contributed by atoms with Crippen molar-refractivity contribution in [2.45, 2.75) is 29.7 Å². The zero-order valence-electron chi connectivity index (χ0n) is 13.2. The Hall–Kier alpha value is -1.23. The van der Waals surface area contributed by atoms with Crippen LogP contribution in [0.2, 0.25) is 0 Å². The number of nitrogens with zero attached hydrogens (tertiary/aromatic N) is 3. The Balaban J connectivity index is 2.26. The molecule has 142 valence electrons. The Labute approximate surface area is 157 Å². The zero-order chi connectivity index (χ0) is 19.4. The van der Waals surface area contributed by atoms with Crippen LogP contribution >= 0.6 is 27.7 Å². The SMILES string of the molecule is CC1(CBr)CN2C(=NC(C(F)(F)F)(C(F)(F)F)N=C2c2ccccc2)S1. The minimum absolute atomic E-state index is 0.164. The van der Waals surface area contributed by atoms with Gasteiger partial charge in [0.1, 0.15) is 5.84 Å². The number of alkyl halides is 7. The molecule has 26 heavy (non-hydrogen) atoms. The van der Waals surface area contributed by atoms with Crippen molar-refractivity contribution in [3.05, 3.63) is 35.9 Å². The number of aliphatic imine (C=N–C) groups is 2. The van der Waals surface area contributed by atoms with Gasteiger partial charge in [-0.2, -0.15) is 26.3 Å². The van der Waals surface area contributed by atoms with E-state index in [1.165, 1.54) is 29.2 Å². The van der Waals surface area contributed by atoms with E-state index in [9.17, 15) is 26.3 Å². The second-order valence-electron chi connectivity index (χ2n) is 6.14. The maximum absolute atomic E-state index is 13.5. The van der Waals surface area contributed by atoms with Gasteiger partial charge in [-0.3, -0.25) is 0 Å². The largest absolute Gasteiger partial charge is 0.443 e. The number of fused-ring (bicyclic) bond motifs is 1. The van der Waals surface area contributed by atoms with E-state index in [0.29, 0.717) is 5.33 Å². The van der Waals surface area contributed by atoms with Crippen LogP contribution < -0.4 is 0 Å². The molecule has 2 aliphatic heterocycles. The summed E-state index contributed by atoms with van der Waals surface area (Å²) in [7, 11) is 0. The second-order valence-corrected chi connectivity index (χ2v) is 8.25. The molecular weight excluding hydrogens is 448 g/mol. The van der Waals surface area contributed by atoms with Crippen molar-refractivity contribution < 1.29 is 26.3 Å². The number of hydrogen-bond acceptors (Lipinski definition) is 4. The van der Waals surface area contributed by atoms with E-state index in [1.807, 2.05) is 0 Å². The van der Waals surface area contributed by atoms with Gasteiger partial charge in [0.25, 0.3) is 0 Å². The van der Waals surface area contributed by atoms with Crippen molar-refractivity contribution in [3.63, 3.8) is 0 Å². The maximum atomic E-state index is 13.5. The van der Waals surface area contributed by atoms with E-state index in [2.05, 4.69) is 25.9 Å². The van der Waals surface area contributed by atoms with Crippen molar-refractivity contribution in [2.24, 2.45) is 9.98 Å². The summed E-state index contributed by atoms with van der Waals surface area (Å²) < 4.78 is 80.6. The van der Waals surface area contributed by atoms with Gasteiger partial charge < -0.3 is 4.90 Å². The van der Waals surface area contributed by atoms with Crippen LogP contribution in [0.25, 0.3) is 0 Å². The minimum atomic E-state index is -5.72. The Bertz CT molecular complexity index is 747. The molecule has 0 radical (unpaired) electrons. The fourth-order valence-corrected chi connectivity index (χ4v) is 4.28. The summed E-state index contributed by atoms with van der Waals surface area (Å²) in [6.45, 7) is 1.92. The second kappa shape index (κ2) is 6.15. The van der Waals surface area contributed by atoms with E-state index >= 15 is 0 Å². The number of amidine groups is 2. The number of benzene rings is 1. The molecule has 3 nitrogen and oxygen atoms in total. The number of hydrogen-bond donors (Lipinski definition) is 0. The van der Waals surface area contributed by atoms with Crippen molar-refractivity contribution in [3.8, 4) is 0 Å². The molecule has 2 heterocycles. The highest BCUT2D eigenvalue weighted by Crippen LogP contribution is 2.51. The predicted octanol–water partition coefficient (Wildman–Crippen LogP) is 4.83. The van der Waals surface area contributed by atoms with Gasteiger partial charge in [0.2, 0.25) is 0 Å². The van der Waals surface area contributed by atoms with Crippen molar-refractivity contribution >= 4 is 38.7 Å². The summed E-state index contributed by atoms with van der Waals surface area (Å²) in [6, 6.07) is 7.52. The van der Waals surface area contributed by atoms with Gasteiger partial charge >= 0.3 is 18.0 Å². The van der Waals surface area contributed by atoms with E-state index in [-0.39, 0.29) is 23.1 Å². The van der Waals surface area contributed by atoms with Gasteiger partial charge in [-0.15, -0.1) is 0 Å². The first-order chi connectivity index (χ1) is 11.9. The molecule has 1 aromatic rings. The topological polar surface area (TPSA) is 28.0 Å². The molecule has 1 unspecified atom stereocenters. The third-order valence-electron chi connectivity index (χ3n) is 3.95. The highest BCUT2D eigenvalue weighted by molar-refractivity contribution is 9.09. The molecular formula is C15H12BrF6N3S. The van der Waals surface area contributed by atoms with Crippen LogP contribution in [-0.4, -0.2) is 50.5 Å². The predicted molar refractivity (Wildman–Crippen MR) is 91.8 cm³/mol. The number of rotatable bonds is 2. The molecule has 0 N–H and O–H groups in total. The highest BCUT2D eigenvalue weighted by atomic mass is 79.9. The van der Waals surface area contributed by atoms with E-state index in [0.717, 1.165) is 11.8 Å². The molecule has 1 atom stereocenters. The third kappa shape index (κ3) is 3.02. The van der Waals surface area contributed by atoms with Gasteiger partial charge in [-0.25, -0.2) is 9.98 Å². The fourth-order valence-electron chi connectivity index (χ4n) is 2.63. The maximum Gasteiger partial charge on any atom is 0.443 e. The Kier molecular flexibility index (Phi) is 4.62. The summed E-state index contributed by atoms with van der Waals surface area (Å²) in [5.74, 6) is -0.387. The Morgan fingerprint density at radius 1 is 1.08 bits per heavy atom. The monoisotopic (exact) mass is 459 g/mol. The average Bonchev–Trinajstić information content (AvgIpc) is 2.89. The van der Waals surface area contributed by atoms with Crippen molar-refractivity contribution in [1.29, 1.82) is 0 Å². The average molecular weight is 460 g/mol. The van der Waals surface area contributed by atoms with Crippen molar-refractivity contribution in [2.75, 3.05) is 11.9 Å². The van der Waals surface area contributed by atoms with E-state index in [4.69, 9.17) is 0 Å². The molecule has 0 aliphatic carbocycles. The summed E-state index contributed by atoms with van der Waals surface area (Å²) in [5.41, 5.74) is -4.35. The van der Waals surface area contributed by atoms with Crippen LogP contribution in [0.1, 0.15) is 12.5 Å². The number of thioether (sulfide) groups is 1. The molecule has 2 aliphatic rings. The van der Waals surface area contributed by atoms with Crippen molar-refractivity contribution in [1.82, 2.24) is 4.90 Å². The van der Waals surface area contributed by atoms with Gasteiger partial charge in [-0.1, -0.05) is 58.0 Å². The quantitative estimate of drug-likeness (QED) is 0.468. The Morgan fingerprint density at radius 3 is 2.15 bits per heavy atom. The van der Waals surface area contributed by atoms with Crippen LogP contribution in [0.15, 0.2) is 40.3 Å². The standard InChI is InChI=1S/C15H12BrF6N3S/c1-12(7-16)8-25-10(9-5-3-2-4-6-9)23-13(14(17,18)19,15(20,21)22)24-11(25)26-12/h2-6H,7-8H2,1H3. The lowest BCUT2D eigenvalue weighted by atomic mass is 10.1. The minimum Gasteiger partial charge on any atom is -0.304 e. The first-order valence-corrected chi connectivity index (χ1v) is 9.27. The molecule has 1 aromatic carbocycles. The molecule has 0 amide bonds. The molecule has 0 aromatic heterocycles. The third-order valence-corrected chi connectivity index (χ3v) is 6.82. The van der Waals surface area contributed by atoms with Crippen LogP contribution in [0.5, 0.6) is 0 Å². The smallest absolute Gasteiger partial charge is 0.304 e. The zero-order valence-corrected chi connectivity index (χ0v) is 15.6. The molecule has 0 bridgehead atoms.